The fourth-order valence-corrected chi connectivity index (χ4v) is 4.38. The van der Waals surface area contributed by atoms with Crippen molar-refractivity contribution >= 4 is 11.9 Å². The van der Waals surface area contributed by atoms with Gasteiger partial charge in [0.1, 0.15) is 5.60 Å². The van der Waals surface area contributed by atoms with E-state index in [1.54, 1.807) is 6.92 Å². The zero-order valence-corrected chi connectivity index (χ0v) is 14.9. The maximum atomic E-state index is 12.8. The Labute approximate surface area is 144 Å². The molecule has 5 nitrogen and oxygen atoms in total. The number of carbonyl (C=O) groups is 2. The third-order valence-corrected chi connectivity index (χ3v) is 5.73. The first-order valence-corrected chi connectivity index (χ1v) is 9.58. The summed E-state index contributed by atoms with van der Waals surface area (Å²) in [5.74, 6) is -0.412. The molecule has 2 heterocycles. The Morgan fingerprint density at radius 3 is 2.38 bits per heavy atom. The molecule has 3 aliphatic rings. The number of hydrogen-bond donors (Lipinski definition) is 1. The maximum absolute atomic E-state index is 12.8. The van der Waals surface area contributed by atoms with Gasteiger partial charge in [-0.3, -0.25) is 4.79 Å². The average Bonchev–Trinajstić information content (AvgIpc) is 2.76. The molecule has 1 spiro atoms. The Kier molecular flexibility index (Phi) is 5.59. The second-order valence-corrected chi connectivity index (χ2v) is 7.46. The van der Waals surface area contributed by atoms with Crippen molar-refractivity contribution < 1.29 is 14.3 Å². The van der Waals surface area contributed by atoms with E-state index in [1.165, 1.54) is 25.7 Å². The fourth-order valence-electron chi connectivity index (χ4n) is 4.38. The van der Waals surface area contributed by atoms with Crippen molar-refractivity contribution in [3.8, 4) is 0 Å². The Morgan fingerprint density at radius 2 is 1.71 bits per heavy atom. The number of esters is 1. The van der Waals surface area contributed by atoms with Crippen LogP contribution in [0.15, 0.2) is 11.1 Å². The summed E-state index contributed by atoms with van der Waals surface area (Å²) >= 11 is 0. The lowest BCUT2D eigenvalue weighted by Gasteiger charge is -2.34. The quantitative estimate of drug-likeness (QED) is 0.803. The Hall–Kier alpha value is -1.36. The third-order valence-electron chi connectivity index (χ3n) is 5.73. The number of rotatable bonds is 4. The summed E-state index contributed by atoms with van der Waals surface area (Å²) in [6.07, 6.45) is 9.90. The number of carbonyl (C=O) groups excluding carboxylic acids is 2. The van der Waals surface area contributed by atoms with Gasteiger partial charge in [0, 0.05) is 18.7 Å². The van der Waals surface area contributed by atoms with Gasteiger partial charge >= 0.3 is 5.97 Å². The van der Waals surface area contributed by atoms with Gasteiger partial charge in [0.2, 0.25) is 0 Å². The van der Waals surface area contributed by atoms with Crippen molar-refractivity contribution in [3.05, 3.63) is 11.1 Å². The van der Waals surface area contributed by atoms with Crippen molar-refractivity contribution in [2.24, 2.45) is 0 Å². The molecule has 1 aliphatic carbocycles. The predicted octanol–water partition coefficient (Wildman–Crippen LogP) is 2.55. The third kappa shape index (κ3) is 3.66. The molecule has 3 rings (SSSR count). The summed E-state index contributed by atoms with van der Waals surface area (Å²) in [4.78, 5) is 27.2. The van der Waals surface area contributed by atoms with Gasteiger partial charge in [0.15, 0.2) is 0 Å². The van der Waals surface area contributed by atoms with Gasteiger partial charge < -0.3 is 15.0 Å². The maximum Gasteiger partial charge on any atom is 0.335 e. The van der Waals surface area contributed by atoms with Crippen molar-refractivity contribution in [2.45, 2.75) is 70.3 Å². The second kappa shape index (κ2) is 7.68. The fraction of sp³-hybridized carbons (Fsp3) is 0.789. The van der Waals surface area contributed by atoms with Crippen LogP contribution in [0.3, 0.4) is 0 Å². The van der Waals surface area contributed by atoms with E-state index in [0.717, 1.165) is 51.7 Å². The molecular weight excluding hydrogens is 304 g/mol. The minimum Gasteiger partial charge on any atom is -0.451 e. The van der Waals surface area contributed by atoms with Gasteiger partial charge in [-0.25, -0.2) is 4.79 Å². The molecule has 5 heteroatoms. The van der Waals surface area contributed by atoms with Crippen LogP contribution >= 0.6 is 0 Å². The van der Waals surface area contributed by atoms with Gasteiger partial charge in [0.05, 0.1) is 5.57 Å². The summed E-state index contributed by atoms with van der Waals surface area (Å²) in [7, 11) is 0. The van der Waals surface area contributed by atoms with Crippen LogP contribution in [0.1, 0.15) is 64.7 Å². The minimum absolute atomic E-state index is 0.102. The first kappa shape index (κ1) is 17.5. The highest BCUT2D eigenvalue weighted by Crippen LogP contribution is 2.43. The van der Waals surface area contributed by atoms with Crippen molar-refractivity contribution in [2.75, 3.05) is 26.2 Å². The summed E-state index contributed by atoms with van der Waals surface area (Å²) in [6.45, 7) is 5.52. The van der Waals surface area contributed by atoms with Crippen LogP contribution in [0.5, 0.6) is 0 Å². The molecule has 0 aromatic rings. The molecule has 1 amide bonds. The Balaban J connectivity index is 1.59. The largest absolute Gasteiger partial charge is 0.451 e. The molecule has 0 unspecified atom stereocenters. The number of amides is 1. The first-order chi connectivity index (χ1) is 11.6. The van der Waals surface area contributed by atoms with Crippen LogP contribution in [-0.2, 0) is 14.3 Å². The lowest BCUT2D eigenvalue weighted by Crippen LogP contribution is -2.43. The van der Waals surface area contributed by atoms with E-state index in [0.29, 0.717) is 17.7 Å². The summed E-state index contributed by atoms with van der Waals surface area (Å²) in [5.41, 5.74) is 0.457. The summed E-state index contributed by atoms with van der Waals surface area (Å²) in [5, 5.41) is 3.04. The van der Waals surface area contributed by atoms with Gasteiger partial charge in [-0.05, 0) is 58.5 Å². The highest BCUT2D eigenvalue weighted by molar-refractivity contribution is 6.07. The van der Waals surface area contributed by atoms with Crippen LogP contribution in [0, 0.1) is 0 Å². The summed E-state index contributed by atoms with van der Waals surface area (Å²) < 4.78 is 5.66. The van der Waals surface area contributed by atoms with E-state index in [1.807, 2.05) is 0 Å². The molecule has 0 aromatic heterocycles. The minimum atomic E-state index is -0.647. The number of likely N-dealkylation sites (tertiary alicyclic amines) is 1. The topological polar surface area (TPSA) is 58.6 Å². The molecule has 0 atom stereocenters. The SMILES string of the molecule is CC1=C(C(=O)NCCN2CCCCCC2)C2(CCCCC2)OC1=O. The van der Waals surface area contributed by atoms with E-state index in [9.17, 15) is 9.59 Å². The van der Waals surface area contributed by atoms with E-state index in [2.05, 4.69) is 10.2 Å². The molecule has 0 bridgehead atoms. The summed E-state index contributed by atoms with van der Waals surface area (Å²) in [6, 6.07) is 0. The molecule has 1 saturated carbocycles. The molecule has 1 saturated heterocycles. The zero-order valence-electron chi connectivity index (χ0n) is 14.9. The van der Waals surface area contributed by atoms with Gasteiger partial charge in [-0.2, -0.15) is 0 Å². The zero-order chi connectivity index (χ0) is 17.0. The molecule has 1 N–H and O–H groups in total. The lowest BCUT2D eigenvalue weighted by atomic mass is 9.78. The highest BCUT2D eigenvalue weighted by atomic mass is 16.6. The van der Waals surface area contributed by atoms with Crippen LogP contribution < -0.4 is 5.32 Å². The lowest BCUT2D eigenvalue weighted by molar-refractivity contribution is -0.149. The number of nitrogens with one attached hydrogen (secondary N) is 1. The predicted molar refractivity (Wildman–Crippen MR) is 92.5 cm³/mol. The highest BCUT2D eigenvalue weighted by Gasteiger charge is 2.49. The second-order valence-electron chi connectivity index (χ2n) is 7.46. The van der Waals surface area contributed by atoms with E-state index >= 15 is 0 Å². The normalized spacial score (nSPS) is 24.8. The average molecular weight is 334 g/mol. The molecule has 2 aliphatic heterocycles. The monoisotopic (exact) mass is 334 g/mol. The smallest absolute Gasteiger partial charge is 0.335 e. The van der Waals surface area contributed by atoms with Crippen molar-refractivity contribution in [1.29, 1.82) is 0 Å². The van der Waals surface area contributed by atoms with E-state index in [4.69, 9.17) is 4.74 Å². The molecule has 2 fully saturated rings. The van der Waals surface area contributed by atoms with Crippen LogP contribution in [-0.4, -0.2) is 48.6 Å². The van der Waals surface area contributed by atoms with E-state index in [-0.39, 0.29) is 11.9 Å². The van der Waals surface area contributed by atoms with Gasteiger partial charge in [-0.1, -0.05) is 19.3 Å². The molecule has 24 heavy (non-hydrogen) atoms. The Bertz CT molecular complexity index is 513. The molecule has 0 aromatic carbocycles. The van der Waals surface area contributed by atoms with Crippen molar-refractivity contribution in [3.63, 3.8) is 0 Å². The number of ether oxygens (including phenoxy) is 1. The molecule has 134 valence electrons. The first-order valence-electron chi connectivity index (χ1n) is 9.58. The van der Waals surface area contributed by atoms with Crippen LogP contribution in [0.2, 0.25) is 0 Å². The molecule has 0 radical (unpaired) electrons. The van der Waals surface area contributed by atoms with Crippen LogP contribution in [0.4, 0.5) is 0 Å². The van der Waals surface area contributed by atoms with Gasteiger partial charge in [0.25, 0.3) is 5.91 Å². The number of hydrogen-bond acceptors (Lipinski definition) is 4. The Morgan fingerprint density at radius 1 is 1.08 bits per heavy atom. The standard InChI is InChI=1S/C19H30N2O3/c1-15-16(19(24-18(15)23)9-5-4-6-10-19)17(22)20-11-14-21-12-7-2-3-8-13-21/h2-14H2,1H3,(H,20,22). The van der Waals surface area contributed by atoms with Gasteiger partial charge in [-0.15, -0.1) is 0 Å². The van der Waals surface area contributed by atoms with Crippen LogP contribution in [0.25, 0.3) is 0 Å². The molecular formula is C19H30N2O3. The van der Waals surface area contributed by atoms with E-state index < -0.39 is 5.60 Å². The number of nitrogens with zero attached hydrogens (tertiary/aromatic N) is 1. The van der Waals surface area contributed by atoms with Crippen molar-refractivity contribution in [1.82, 2.24) is 10.2 Å².